The highest BCUT2D eigenvalue weighted by Gasteiger charge is 2.06. The Kier molecular flexibility index (Phi) is 2.51. The van der Waals surface area contributed by atoms with Crippen molar-refractivity contribution in [2.24, 2.45) is 0 Å². The largest absolute Gasteiger partial charge is 0.345 e. The van der Waals surface area contributed by atoms with E-state index in [1.165, 1.54) is 10.9 Å². The van der Waals surface area contributed by atoms with E-state index in [1.807, 2.05) is 12.1 Å². The first kappa shape index (κ1) is 9.60. The van der Waals surface area contributed by atoms with E-state index in [9.17, 15) is 0 Å². The van der Waals surface area contributed by atoms with Crippen LogP contribution >= 0.6 is 11.6 Å². The van der Waals surface area contributed by atoms with Gasteiger partial charge in [0.2, 0.25) is 0 Å². The average Bonchev–Trinajstić information content (AvgIpc) is 2.59. The van der Waals surface area contributed by atoms with E-state index in [2.05, 4.69) is 36.7 Å². The van der Waals surface area contributed by atoms with E-state index in [4.69, 9.17) is 11.6 Å². The standard InChI is InChI=1S/C12H14ClN/c1-3-9(2)14-7-6-10-4-5-11(13)8-12(10)14/h4-9H,3H2,1-2H3. The van der Waals surface area contributed by atoms with Crippen LogP contribution in [-0.4, -0.2) is 4.57 Å². The van der Waals surface area contributed by atoms with Gasteiger partial charge >= 0.3 is 0 Å². The molecule has 1 nitrogen and oxygen atoms in total. The molecule has 0 spiro atoms. The molecule has 0 aliphatic rings. The highest BCUT2D eigenvalue weighted by atomic mass is 35.5. The SMILES string of the molecule is CCC(C)n1ccc2ccc(Cl)cc21. The number of hydrogen-bond acceptors (Lipinski definition) is 0. The third-order valence-electron chi connectivity index (χ3n) is 2.75. The Morgan fingerprint density at radius 1 is 1.36 bits per heavy atom. The molecule has 0 aliphatic carbocycles. The first-order valence-electron chi connectivity index (χ1n) is 4.98. The molecule has 1 aromatic carbocycles. The van der Waals surface area contributed by atoms with Crippen LogP contribution in [0.15, 0.2) is 30.5 Å². The molecule has 0 amide bonds. The second-order valence-electron chi connectivity index (χ2n) is 3.68. The smallest absolute Gasteiger partial charge is 0.0497 e. The molecule has 0 saturated carbocycles. The number of benzene rings is 1. The highest BCUT2D eigenvalue weighted by Crippen LogP contribution is 2.24. The molecule has 2 heteroatoms. The fourth-order valence-electron chi connectivity index (χ4n) is 1.70. The first-order valence-corrected chi connectivity index (χ1v) is 5.36. The summed E-state index contributed by atoms with van der Waals surface area (Å²) in [6, 6.07) is 8.70. The Labute approximate surface area is 89.3 Å². The summed E-state index contributed by atoms with van der Waals surface area (Å²) in [5.41, 5.74) is 1.23. The minimum absolute atomic E-state index is 0.533. The Morgan fingerprint density at radius 2 is 2.14 bits per heavy atom. The van der Waals surface area contributed by atoms with Crippen LogP contribution in [0.5, 0.6) is 0 Å². The molecule has 0 radical (unpaired) electrons. The predicted octanol–water partition coefficient (Wildman–Crippen LogP) is 4.27. The topological polar surface area (TPSA) is 4.93 Å². The van der Waals surface area contributed by atoms with Crippen LogP contribution in [0.4, 0.5) is 0 Å². The third kappa shape index (κ3) is 1.53. The zero-order valence-corrected chi connectivity index (χ0v) is 9.25. The summed E-state index contributed by atoms with van der Waals surface area (Å²) in [7, 11) is 0. The zero-order valence-electron chi connectivity index (χ0n) is 8.50. The molecule has 14 heavy (non-hydrogen) atoms. The fourth-order valence-corrected chi connectivity index (χ4v) is 1.87. The van der Waals surface area contributed by atoms with Crippen LogP contribution < -0.4 is 0 Å². The van der Waals surface area contributed by atoms with Crippen LogP contribution in [0, 0.1) is 0 Å². The number of nitrogens with zero attached hydrogens (tertiary/aromatic N) is 1. The maximum atomic E-state index is 5.98. The van der Waals surface area contributed by atoms with Gasteiger partial charge in [0.05, 0.1) is 0 Å². The van der Waals surface area contributed by atoms with Gasteiger partial charge in [0.1, 0.15) is 0 Å². The lowest BCUT2D eigenvalue weighted by Gasteiger charge is -2.12. The summed E-state index contributed by atoms with van der Waals surface area (Å²) in [6.45, 7) is 4.42. The molecule has 1 aromatic heterocycles. The van der Waals surface area contributed by atoms with Gasteiger partial charge in [-0.05, 0) is 36.9 Å². The van der Waals surface area contributed by atoms with Crippen LogP contribution in [0.25, 0.3) is 10.9 Å². The average molecular weight is 208 g/mol. The molecule has 0 N–H and O–H groups in total. The molecule has 2 rings (SSSR count). The number of rotatable bonds is 2. The van der Waals surface area contributed by atoms with Crippen molar-refractivity contribution in [1.82, 2.24) is 4.57 Å². The Hall–Kier alpha value is -0.950. The molecule has 1 heterocycles. The second-order valence-corrected chi connectivity index (χ2v) is 4.12. The molecule has 0 saturated heterocycles. The molecule has 2 aromatic rings. The number of hydrogen-bond donors (Lipinski definition) is 0. The fraction of sp³-hybridized carbons (Fsp3) is 0.333. The molecular weight excluding hydrogens is 194 g/mol. The third-order valence-corrected chi connectivity index (χ3v) is 2.99. The van der Waals surface area contributed by atoms with Gasteiger partial charge < -0.3 is 4.57 Å². The Morgan fingerprint density at radius 3 is 2.86 bits per heavy atom. The van der Waals surface area contributed by atoms with E-state index >= 15 is 0 Å². The van der Waals surface area contributed by atoms with Crippen LogP contribution in [0.2, 0.25) is 5.02 Å². The zero-order chi connectivity index (χ0) is 10.1. The van der Waals surface area contributed by atoms with E-state index < -0.39 is 0 Å². The summed E-state index contributed by atoms with van der Waals surface area (Å²) < 4.78 is 2.28. The molecule has 74 valence electrons. The lowest BCUT2D eigenvalue weighted by molar-refractivity contribution is 0.548. The minimum atomic E-state index is 0.533. The summed E-state index contributed by atoms with van der Waals surface area (Å²) >= 11 is 5.98. The highest BCUT2D eigenvalue weighted by molar-refractivity contribution is 6.31. The maximum absolute atomic E-state index is 5.98. The van der Waals surface area contributed by atoms with Crippen molar-refractivity contribution < 1.29 is 0 Å². The van der Waals surface area contributed by atoms with Gasteiger partial charge in [0.15, 0.2) is 0 Å². The molecule has 1 atom stereocenters. The second kappa shape index (κ2) is 3.66. The molecular formula is C12H14ClN. The summed E-state index contributed by atoms with van der Waals surface area (Å²) in [5.74, 6) is 0. The summed E-state index contributed by atoms with van der Waals surface area (Å²) in [5, 5.41) is 2.07. The monoisotopic (exact) mass is 207 g/mol. The number of halogens is 1. The van der Waals surface area contributed by atoms with Crippen molar-refractivity contribution in [2.75, 3.05) is 0 Å². The van der Waals surface area contributed by atoms with Crippen molar-refractivity contribution in [3.05, 3.63) is 35.5 Å². The van der Waals surface area contributed by atoms with Gasteiger partial charge in [-0.3, -0.25) is 0 Å². The van der Waals surface area contributed by atoms with Crippen LogP contribution in [0.3, 0.4) is 0 Å². The van der Waals surface area contributed by atoms with Gasteiger partial charge in [-0.1, -0.05) is 24.6 Å². The van der Waals surface area contributed by atoms with Gasteiger partial charge in [-0.25, -0.2) is 0 Å². The molecule has 0 aliphatic heterocycles. The lowest BCUT2D eigenvalue weighted by atomic mass is 10.2. The Bertz CT molecular complexity index is 445. The van der Waals surface area contributed by atoms with Gasteiger partial charge in [-0.15, -0.1) is 0 Å². The van der Waals surface area contributed by atoms with Crippen molar-refractivity contribution in [3.63, 3.8) is 0 Å². The summed E-state index contributed by atoms with van der Waals surface area (Å²) in [4.78, 5) is 0. The molecule has 0 fully saturated rings. The van der Waals surface area contributed by atoms with Crippen molar-refractivity contribution >= 4 is 22.5 Å². The predicted molar refractivity (Wildman–Crippen MR) is 62.0 cm³/mol. The number of aromatic nitrogens is 1. The van der Waals surface area contributed by atoms with Gasteiger partial charge in [0.25, 0.3) is 0 Å². The Balaban J connectivity index is 2.61. The van der Waals surface area contributed by atoms with Crippen LogP contribution in [0.1, 0.15) is 26.3 Å². The van der Waals surface area contributed by atoms with Crippen molar-refractivity contribution in [1.29, 1.82) is 0 Å². The number of fused-ring (bicyclic) bond motifs is 1. The van der Waals surface area contributed by atoms with E-state index in [0.717, 1.165) is 11.4 Å². The molecule has 0 bridgehead atoms. The van der Waals surface area contributed by atoms with E-state index in [0.29, 0.717) is 6.04 Å². The minimum Gasteiger partial charge on any atom is -0.345 e. The van der Waals surface area contributed by atoms with Gasteiger partial charge in [0, 0.05) is 22.8 Å². The first-order chi connectivity index (χ1) is 6.72. The quantitative estimate of drug-likeness (QED) is 0.693. The van der Waals surface area contributed by atoms with Crippen molar-refractivity contribution in [3.8, 4) is 0 Å². The lowest BCUT2D eigenvalue weighted by Crippen LogP contribution is -2.01. The van der Waals surface area contributed by atoms with Crippen LogP contribution in [-0.2, 0) is 0 Å². The van der Waals surface area contributed by atoms with E-state index in [-0.39, 0.29) is 0 Å². The maximum Gasteiger partial charge on any atom is 0.0497 e. The molecule has 1 unspecified atom stereocenters. The van der Waals surface area contributed by atoms with Crippen molar-refractivity contribution in [2.45, 2.75) is 26.3 Å². The summed E-state index contributed by atoms with van der Waals surface area (Å²) in [6.07, 6.45) is 3.27. The normalized spacial score (nSPS) is 13.4. The van der Waals surface area contributed by atoms with Gasteiger partial charge in [-0.2, -0.15) is 0 Å². The van der Waals surface area contributed by atoms with E-state index in [1.54, 1.807) is 0 Å².